The van der Waals surface area contributed by atoms with E-state index in [4.69, 9.17) is 10.00 Å². The number of nitriles is 1. The van der Waals surface area contributed by atoms with E-state index in [0.29, 0.717) is 26.1 Å². The normalized spacial score (nSPS) is 21.3. The average Bonchev–Trinajstić information content (AvgIpc) is 3.35. The van der Waals surface area contributed by atoms with Gasteiger partial charge in [0, 0.05) is 44.0 Å². The number of anilines is 1. The summed E-state index contributed by atoms with van der Waals surface area (Å²) in [5, 5.41) is 9.10. The Balaban J connectivity index is 1.37. The fraction of sp³-hybridized carbons (Fsp3) is 0.381. The summed E-state index contributed by atoms with van der Waals surface area (Å²) in [7, 11) is 0. The third-order valence-electron chi connectivity index (χ3n) is 5.33. The lowest BCUT2D eigenvalue weighted by Crippen LogP contribution is -2.37. The molecule has 3 heterocycles. The van der Waals surface area contributed by atoms with Crippen LogP contribution in [0, 0.1) is 24.2 Å². The minimum Gasteiger partial charge on any atom is -0.470 e. The number of carbonyl (C=O) groups is 2. The fourth-order valence-electron chi connectivity index (χ4n) is 3.78. The van der Waals surface area contributed by atoms with E-state index in [2.05, 4.69) is 9.97 Å². The smallest absolute Gasteiger partial charge is 0.251 e. The van der Waals surface area contributed by atoms with Crippen molar-refractivity contribution in [3.63, 3.8) is 0 Å². The van der Waals surface area contributed by atoms with Gasteiger partial charge in [-0.15, -0.1) is 0 Å². The lowest BCUT2D eigenvalue weighted by atomic mass is 10.1. The molecule has 2 aliphatic heterocycles. The SMILES string of the molecule is Cc1ccc(N2CC(C(=O)N3CCC(Oc4nccnc4C#N)C3)CC2=O)cc1. The largest absolute Gasteiger partial charge is 0.470 e. The number of carbonyl (C=O) groups excluding carboxylic acids is 2. The van der Waals surface area contributed by atoms with Crippen molar-refractivity contribution in [1.82, 2.24) is 14.9 Å². The van der Waals surface area contributed by atoms with Crippen LogP contribution in [0.1, 0.15) is 24.1 Å². The molecule has 2 fully saturated rings. The number of rotatable bonds is 4. The number of ether oxygens (including phenoxy) is 1. The molecule has 0 saturated carbocycles. The summed E-state index contributed by atoms with van der Waals surface area (Å²) in [4.78, 5) is 36.8. The van der Waals surface area contributed by atoms with E-state index in [-0.39, 0.29) is 41.8 Å². The Hall–Kier alpha value is -3.47. The first-order chi connectivity index (χ1) is 14.0. The van der Waals surface area contributed by atoms with Crippen molar-refractivity contribution in [2.75, 3.05) is 24.5 Å². The van der Waals surface area contributed by atoms with Crippen LogP contribution >= 0.6 is 0 Å². The van der Waals surface area contributed by atoms with Crippen molar-refractivity contribution in [1.29, 1.82) is 5.26 Å². The minimum absolute atomic E-state index is 0.0290. The second kappa shape index (κ2) is 7.87. The van der Waals surface area contributed by atoms with Crippen molar-refractivity contribution in [2.45, 2.75) is 25.9 Å². The van der Waals surface area contributed by atoms with E-state index >= 15 is 0 Å². The molecule has 0 radical (unpaired) electrons. The summed E-state index contributed by atoms with van der Waals surface area (Å²) in [6.45, 7) is 3.36. The van der Waals surface area contributed by atoms with Crippen molar-refractivity contribution in [3.8, 4) is 11.9 Å². The first kappa shape index (κ1) is 18.9. The molecular weight excluding hydrogens is 370 g/mol. The van der Waals surface area contributed by atoms with Crippen LogP contribution < -0.4 is 9.64 Å². The molecular formula is C21H21N5O3. The van der Waals surface area contributed by atoms with Crippen molar-refractivity contribution >= 4 is 17.5 Å². The molecule has 148 valence electrons. The number of nitrogens with zero attached hydrogens (tertiary/aromatic N) is 5. The van der Waals surface area contributed by atoms with Crippen LogP contribution in [-0.2, 0) is 9.59 Å². The standard InChI is InChI=1S/C21H21N5O3/c1-14-2-4-16(5-3-14)26-12-15(10-19(26)27)21(28)25-9-6-17(13-25)29-20-18(11-22)23-7-8-24-20/h2-5,7-8,15,17H,6,9-10,12-13H2,1H3. The van der Waals surface area contributed by atoms with E-state index in [0.717, 1.165) is 11.3 Å². The molecule has 4 rings (SSSR count). The highest BCUT2D eigenvalue weighted by Gasteiger charge is 2.39. The Morgan fingerprint density at radius 1 is 1.21 bits per heavy atom. The van der Waals surface area contributed by atoms with Crippen LogP contribution in [0.4, 0.5) is 5.69 Å². The van der Waals surface area contributed by atoms with Gasteiger partial charge in [0.05, 0.1) is 12.5 Å². The maximum Gasteiger partial charge on any atom is 0.251 e. The summed E-state index contributed by atoms with van der Waals surface area (Å²) in [6.07, 6.45) is 3.53. The van der Waals surface area contributed by atoms with Crippen LogP contribution in [0.2, 0.25) is 0 Å². The first-order valence-electron chi connectivity index (χ1n) is 9.58. The molecule has 29 heavy (non-hydrogen) atoms. The summed E-state index contributed by atoms with van der Waals surface area (Å²) in [5.41, 5.74) is 2.08. The van der Waals surface area contributed by atoms with Gasteiger partial charge >= 0.3 is 0 Å². The maximum absolute atomic E-state index is 13.0. The summed E-state index contributed by atoms with van der Waals surface area (Å²) in [5.74, 6) is -0.222. The zero-order valence-electron chi connectivity index (χ0n) is 16.1. The second-order valence-electron chi connectivity index (χ2n) is 7.38. The Morgan fingerprint density at radius 3 is 2.72 bits per heavy atom. The van der Waals surface area contributed by atoms with Crippen LogP contribution in [0.5, 0.6) is 5.88 Å². The Morgan fingerprint density at radius 2 is 1.97 bits per heavy atom. The molecule has 2 atom stereocenters. The topological polar surface area (TPSA) is 99.4 Å². The number of hydrogen-bond acceptors (Lipinski definition) is 6. The molecule has 1 aromatic carbocycles. The number of amides is 2. The predicted octanol–water partition coefficient (Wildman–Crippen LogP) is 1.69. The lowest BCUT2D eigenvalue weighted by molar-refractivity contribution is -0.135. The zero-order chi connectivity index (χ0) is 20.4. The van der Waals surface area contributed by atoms with E-state index in [1.165, 1.54) is 12.4 Å². The molecule has 0 N–H and O–H groups in total. The Bertz CT molecular complexity index is 969. The predicted molar refractivity (Wildman–Crippen MR) is 104 cm³/mol. The molecule has 2 unspecified atom stereocenters. The highest BCUT2D eigenvalue weighted by atomic mass is 16.5. The monoisotopic (exact) mass is 391 g/mol. The van der Waals surface area contributed by atoms with E-state index < -0.39 is 0 Å². The van der Waals surface area contributed by atoms with Gasteiger partial charge in [0.15, 0.2) is 0 Å². The fourth-order valence-corrected chi connectivity index (χ4v) is 3.78. The molecule has 2 saturated heterocycles. The molecule has 2 aromatic rings. The van der Waals surface area contributed by atoms with Gasteiger partial charge in [0.1, 0.15) is 12.2 Å². The zero-order valence-corrected chi connectivity index (χ0v) is 16.1. The first-order valence-corrected chi connectivity index (χ1v) is 9.58. The third kappa shape index (κ3) is 3.90. The van der Waals surface area contributed by atoms with Gasteiger partial charge in [0.25, 0.3) is 5.88 Å². The Labute approximate surface area is 168 Å². The van der Waals surface area contributed by atoms with Gasteiger partial charge < -0.3 is 14.5 Å². The average molecular weight is 391 g/mol. The van der Waals surface area contributed by atoms with E-state index in [9.17, 15) is 9.59 Å². The molecule has 0 spiro atoms. The number of benzene rings is 1. The van der Waals surface area contributed by atoms with Gasteiger partial charge in [-0.05, 0) is 19.1 Å². The Kier molecular flexibility index (Phi) is 5.12. The van der Waals surface area contributed by atoms with Crippen LogP contribution in [0.25, 0.3) is 0 Å². The van der Waals surface area contributed by atoms with Crippen molar-refractivity contribution in [3.05, 3.63) is 47.9 Å². The molecule has 0 aliphatic carbocycles. The van der Waals surface area contributed by atoms with Gasteiger partial charge in [-0.2, -0.15) is 5.26 Å². The summed E-state index contributed by atoms with van der Waals surface area (Å²) >= 11 is 0. The van der Waals surface area contributed by atoms with Crippen LogP contribution in [-0.4, -0.2) is 52.4 Å². The maximum atomic E-state index is 13.0. The van der Waals surface area contributed by atoms with E-state index in [1.54, 1.807) is 9.80 Å². The van der Waals surface area contributed by atoms with Crippen LogP contribution in [0.3, 0.4) is 0 Å². The van der Waals surface area contributed by atoms with Gasteiger partial charge in [-0.3, -0.25) is 9.59 Å². The highest BCUT2D eigenvalue weighted by Crippen LogP contribution is 2.28. The van der Waals surface area contributed by atoms with Crippen molar-refractivity contribution < 1.29 is 14.3 Å². The number of aromatic nitrogens is 2. The van der Waals surface area contributed by atoms with Crippen molar-refractivity contribution in [2.24, 2.45) is 5.92 Å². The molecule has 0 bridgehead atoms. The van der Waals surface area contributed by atoms with Gasteiger partial charge in [0.2, 0.25) is 17.5 Å². The number of likely N-dealkylation sites (tertiary alicyclic amines) is 1. The minimum atomic E-state index is -0.353. The molecule has 8 heteroatoms. The van der Waals surface area contributed by atoms with Gasteiger partial charge in [-0.1, -0.05) is 17.7 Å². The van der Waals surface area contributed by atoms with E-state index in [1.807, 2.05) is 37.3 Å². The third-order valence-corrected chi connectivity index (χ3v) is 5.33. The number of aryl methyl sites for hydroxylation is 1. The van der Waals surface area contributed by atoms with Crippen LogP contribution in [0.15, 0.2) is 36.7 Å². The summed E-state index contributed by atoms with van der Waals surface area (Å²) in [6, 6.07) is 9.70. The quantitative estimate of drug-likeness (QED) is 0.786. The lowest BCUT2D eigenvalue weighted by Gasteiger charge is -2.21. The van der Waals surface area contributed by atoms with Gasteiger partial charge in [-0.25, -0.2) is 9.97 Å². The molecule has 2 aliphatic rings. The molecule has 8 nitrogen and oxygen atoms in total. The molecule has 2 amide bonds. The second-order valence-corrected chi connectivity index (χ2v) is 7.38. The highest BCUT2D eigenvalue weighted by molar-refractivity contribution is 6.00. The summed E-state index contributed by atoms with van der Waals surface area (Å²) < 4.78 is 5.80. The molecule has 1 aromatic heterocycles. The number of hydrogen-bond donors (Lipinski definition) is 0.